The zero-order valence-electron chi connectivity index (χ0n) is 9.56. The van der Waals surface area contributed by atoms with Crippen LogP contribution in [0.1, 0.15) is 40.0 Å². The van der Waals surface area contributed by atoms with E-state index in [0.717, 1.165) is 12.8 Å². The van der Waals surface area contributed by atoms with Gasteiger partial charge >= 0.3 is 5.97 Å². The van der Waals surface area contributed by atoms with E-state index in [4.69, 9.17) is 0 Å². The van der Waals surface area contributed by atoms with Gasteiger partial charge in [0.05, 0.1) is 0 Å². The first kappa shape index (κ1) is 12.0. The van der Waals surface area contributed by atoms with Crippen molar-refractivity contribution in [2.45, 2.75) is 51.6 Å². The molecular weight excluding hydrogens is 194 g/mol. The number of carbonyl (C=O) groups is 2. The van der Waals surface area contributed by atoms with Crippen molar-refractivity contribution in [1.29, 1.82) is 0 Å². The topological polar surface area (TPSA) is 57.6 Å². The molecule has 1 rings (SSSR count). The fourth-order valence-corrected chi connectivity index (χ4v) is 2.06. The van der Waals surface area contributed by atoms with Gasteiger partial charge in [0.1, 0.15) is 5.54 Å². The molecule has 4 nitrogen and oxygen atoms in total. The number of carboxylic acid groups (broad SMARTS) is 1. The summed E-state index contributed by atoms with van der Waals surface area (Å²) in [6.07, 6.45) is 3.05. The molecule has 86 valence electrons. The Morgan fingerprint density at radius 1 is 1.60 bits per heavy atom. The molecule has 0 radical (unpaired) electrons. The molecule has 1 saturated carbocycles. The normalized spacial score (nSPS) is 19.7. The number of aliphatic carboxylic acids is 1. The van der Waals surface area contributed by atoms with Crippen LogP contribution in [0, 0.1) is 5.92 Å². The summed E-state index contributed by atoms with van der Waals surface area (Å²) in [6.45, 7) is 5.58. The number of hydrogen-bond acceptors (Lipinski definition) is 2. The standard InChI is InChI=1S/C11H19NO3/c1-8(2)6-11(3,10(14)15)12(7-13)9-4-5-9/h7-9H,4-6H2,1-3H3,(H,14,15). The Hall–Kier alpha value is -1.06. The maximum Gasteiger partial charge on any atom is 0.329 e. The number of rotatable bonds is 6. The minimum atomic E-state index is -1.04. The van der Waals surface area contributed by atoms with Gasteiger partial charge < -0.3 is 10.0 Å². The molecule has 1 aliphatic carbocycles. The Balaban J connectivity index is 2.86. The Morgan fingerprint density at radius 3 is 2.40 bits per heavy atom. The van der Waals surface area contributed by atoms with E-state index < -0.39 is 11.5 Å². The molecule has 1 unspecified atom stereocenters. The van der Waals surface area contributed by atoms with Crippen LogP contribution in [0.5, 0.6) is 0 Å². The van der Waals surface area contributed by atoms with Gasteiger partial charge in [-0.1, -0.05) is 13.8 Å². The third-order valence-electron chi connectivity index (χ3n) is 2.89. The second-order valence-electron chi connectivity index (χ2n) is 4.92. The average molecular weight is 213 g/mol. The maximum atomic E-state index is 11.3. The largest absolute Gasteiger partial charge is 0.480 e. The molecular formula is C11H19NO3. The maximum absolute atomic E-state index is 11.3. The van der Waals surface area contributed by atoms with Crippen molar-refractivity contribution in [3.63, 3.8) is 0 Å². The van der Waals surface area contributed by atoms with Crippen molar-refractivity contribution in [2.24, 2.45) is 5.92 Å². The molecule has 0 spiro atoms. The van der Waals surface area contributed by atoms with Crippen LogP contribution in [0.3, 0.4) is 0 Å². The fourth-order valence-electron chi connectivity index (χ4n) is 2.06. The minimum Gasteiger partial charge on any atom is -0.480 e. The molecule has 1 fully saturated rings. The second-order valence-corrected chi connectivity index (χ2v) is 4.92. The van der Waals surface area contributed by atoms with Gasteiger partial charge in [-0.3, -0.25) is 4.79 Å². The fraction of sp³-hybridized carbons (Fsp3) is 0.818. The third-order valence-corrected chi connectivity index (χ3v) is 2.89. The number of carbonyl (C=O) groups excluding carboxylic acids is 1. The number of hydrogen-bond donors (Lipinski definition) is 1. The van der Waals surface area contributed by atoms with Crippen LogP contribution in [0.2, 0.25) is 0 Å². The first-order valence-electron chi connectivity index (χ1n) is 5.39. The monoisotopic (exact) mass is 213 g/mol. The summed E-state index contributed by atoms with van der Waals surface area (Å²) in [7, 11) is 0. The highest BCUT2D eigenvalue weighted by atomic mass is 16.4. The van der Waals surface area contributed by atoms with Gasteiger partial charge in [-0.2, -0.15) is 0 Å². The lowest BCUT2D eigenvalue weighted by molar-refractivity contribution is -0.155. The highest BCUT2D eigenvalue weighted by Crippen LogP contribution is 2.34. The summed E-state index contributed by atoms with van der Waals surface area (Å²) >= 11 is 0. The molecule has 0 aromatic rings. The summed E-state index contributed by atoms with van der Waals surface area (Å²) in [5, 5.41) is 9.26. The number of carboxylic acids is 1. The van der Waals surface area contributed by atoms with Crippen molar-refractivity contribution in [1.82, 2.24) is 4.90 Å². The van der Waals surface area contributed by atoms with E-state index in [-0.39, 0.29) is 12.0 Å². The van der Waals surface area contributed by atoms with Gasteiger partial charge in [-0.15, -0.1) is 0 Å². The molecule has 15 heavy (non-hydrogen) atoms. The quantitative estimate of drug-likeness (QED) is 0.680. The predicted octanol–water partition coefficient (Wildman–Crippen LogP) is 1.50. The molecule has 4 heteroatoms. The van der Waals surface area contributed by atoms with E-state index in [0.29, 0.717) is 12.8 Å². The molecule has 0 aliphatic heterocycles. The van der Waals surface area contributed by atoms with Crippen LogP contribution in [-0.4, -0.2) is 34.0 Å². The summed E-state index contributed by atoms with van der Waals surface area (Å²) in [4.78, 5) is 23.8. The predicted molar refractivity (Wildman–Crippen MR) is 56.4 cm³/mol. The van der Waals surface area contributed by atoms with Gasteiger partial charge in [0.15, 0.2) is 0 Å². The minimum absolute atomic E-state index is 0.141. The summed E-state index contributed by atoms with van der Waals surface area (Å²) in [5.41, 5.74) is -1.04. The third kappa shape index (κ3) is 2.49. The smallest absolute Gasteiger partial charge is 0.329 e. The lowest BCUT2D eigenvalue weighted by atomic mass is 9.89. The Kier molecular flexibility index (Phi) is 3.37. The van der Waals surface area contributed by atoms with E-state index in [2.05, 4.69) is 0 Å². The van der Waals surface area contributed by atoms with Crippen LogP contribution in [0.4, 0.5) is 0 Å². The zero-order chi connectivity index (χ0) is 11.6. The van der Waals surface area contributed by atoms with Gasteiger partial charge in [-0.05, 0) is 32.1 Å². The Bertz CT molecular complexity index is 261. The molecule has 1 atom stereocenters. The van der Waals surface area contributed by atoms with E-state index in [1.807, 2.05) is 13.8 Å². The van der Waals surface area contributed by atoms with Crippen molar-refractivity contribution in [3.05, 3.63) is 0 Å². The molecule has 0 bridgehead atoms. The molecule has 0 aromatic heterocycles. The lowest BCUT2D eigenvalue weighted by Crippen LogP contribution is -2.53. The van der Waals surface area contributed by atoms with Gasteiger partial charge in [0.2, 0.25) is 6.41 Å². The molecule has 0 aromatic carbocycles. The molecule has 0 heterocycles. The Morgan fingerprint density at radius 2 is 2.13 bits per heavy atom. The number of nitrogens with zero attached hydrogens (tertiary/aromatic N) is 1. The zero-order valence-corrected chi connectivity index (χ0v) is 9.56. The first-order chi connectivity index (χ1) is 6.91. The van der Waals surface area contributed by atoms with Gasteiger partial charge in [-0.25, -0.2) is 4.79 Å². The highest BCUT2D eigenvalue weighted by Gasteiger charge is 2.45. The molecule has 1 aliphatic rings. The van der Waals surface area contributed by atoms with Crippen molar-refractivity contribution in [2.75, 3.05) is 0 Å². The van der Waals surface area contributed by atoms with Gasteiger partial charge in [0, 0.05) is 6.04 Å². The lowest BCUT2D eigenvalue weighted by Gasteiger charge is -2.36. The van der Waals surface area contributed by atoms with E-state index in [9.17, 15) is 14.7 Å². The number of amides is 1. The van der Waals surface area contributed by atoms with E-state index in [1.165, 1.54) is 4.90 Å². The Labute approximate surface area is 90.3 Å². The van der Waals surface area contributed by atoms with Crippen LogP contribution >= 0.6 is 0 Å². The first-order valence-corrected chi connectivity index (χ1v) is 5.39. The van der Waals surface area contributed by atoms with E-state index in [1.54, 1.807) is 6.92 Å². The van der Waals surface area contributed by atoms with Crippen molar-refractivity contribution in [3.8, 4) is 0 Å². The summed E-state index contributed by atoms with van der Waals surface area (Å²) in [5.74, 6) is -0.650. The van der Waals surface area contributed by atoms with Crippen molar-refractivity contribution < 1.29 is 14.7 Å². The van der Waals surface area contributed by atoms with Crippen LogP contribution in [0.15, 0.2) is 0 Å². The average Bonchev–Trinajstić information content (AvgIpc) is 2.87. The van der Waals surface area contributed by atoms with Crippen LogP contribution < -0.4 is 0 Å². The molecule has 0 saturated heterocycles. The van der Waals surface area contributed by atoms with Crippen LogP contribution in [0.25, 0.3) is 0 Å². The highest BCUT2D eigenvalue weighted by molar-refractivity contribution is 5.81. The van der Waals surface area contributed by atoms with Crippen molar-refractivity contribution >= 4 is 12.4 Å². The summed E-state index contributed by atoms with van der Waals surface area (Å²) in [6, 6.07) is 0.141. The molecule has 1 amide bonds. The SMILES string of the molecule is CC(C)CC(C)(C(=O)O)N(C=O)C1CC1. The van der Waals surface area contributed by atoms with Crippen LogP contribution in [-0.2, 0) is 9.59 Å². The molecule has 1 N–H and O–H groups in total. The van der Waals surface area contributed by atoms with Gasteiger partial charge in [0.25, 0.3) is 0 Å². The summed E-state index contributed by atoms with van der Waals surface area (Å²) < 4.78 is 0. The second kappa shape index (κ2) is 4.21. The van der Waals surface area contributed by atoms with E-state index >= 15 is 0 Å².